The number of aliphatic hydroxyl groups is 2. The lowest BCUT2D eigenvalue weighted by Gasteiger charge is -2.45. The number of fused-ring (bicyclic) bond motifs is 2. The molecule has 4 rings (SSSR count). The van der Waals surface area contributed by atoms with Crippen molar-refractivity contribution in [2.24, 2.45) is 5.92 Å². The van der Waals surface area contributed by atoms with Crippen molar-refractivity contribution in [2.75, 3.05) is 26.7 Å². The van der Waals surface area contributed by atoms with Crippen LogP contribution in [0.4, 0.5) is 4.79 Å². The molecular formula is C24H33N3O8. The smallest absolute Gasteiger partial charge is 0.407 e. The molecule has 11 heteroatoms. The summed E-state index contributed by atoms with van der Waals surface area (Å²) in [5, 5.41) is 36.9. The second-order valence-corrected chi connectivity index (χ2v) is 9.09. The molecule has 11 nitrogen and oxygen atoms in total. The van der Waals surface area contributed by atoms with Crippen LogP contribution in [0.25, 0.3) is 10.9 Å². The molecule has 2 heterocycles. The van der Waals surface area contributed by atoms with E-state index >= 15 is 0 Å². The van der Waals surface area contributed by atoms with Crippen LogP contribution in [0.3, 0.4) is 0 Å². The van der Waals surface area contributed by atoms with Gasteiger partial charge in [-0.05, 0) is 49.4 Å². The van der Waals surface area contributed by atoms with E-state index in [9.17, 15) is 14.4 Å². The molecule has 35 heavy (non-hydrogen) atoms. The van der Waals surface area contributed by atoms with Crippen LogP contribution in [0.1, 0.15) is 36.8 Å². The molecule has 6 N–H and O–H groups in total. The highest BCUT2D eigenvalue weighted by Gasteiger charge is 2.39. The van der Waals surface area contributed by atoms with E-state index in [0.29, 0.717) is 31.0 Å². The highest BCUT2D eigenvalue weighted by atomic mass is 16.5. The number of likely N-dealkylation sites (N-methyl/N-ethyl adjacent to an activating group) is 1. The Labute approximate surface area is 202 Å². The maximum absolute atomic E-state index is 11.7. The summed E-state index contributed by atoms with van der Waals surface area (Å²) in [4.78, 5) is 37.2. The summed E-state index contributed by atoms with van der Waals surface area (Å²) in [6, 6.07) is 7.16. The van der Waals surface area contributed by atoms with E-state index in [0.717, 1.165) is 25.8 Å². The third kappa shape index (κ3) is 6.11. The molecule has 3 unspecified atom stereocenters. The number of piperidine rings is 1. The van der Waals surface area contributed by atoms with Crippen molar-refractivity contribution >= 4 is 28.9 Å². The van der Waals surface area contributed by atoms with Crippen molar-refractivity contribution in [1.82, 2.24) is 15.2 Å². The molecule has 2 aliphatic rings. The number of carboxylic acid groups (broad SMARTS) is 2. The molecule has 0 radical (unpaired) electrons. The number of alkyl carbamates (subject to hydrolysis) is 1. The number of nitrogens with one attached hydrogen (secondary N) is 2. The first-order valence-electron chi connectivity index (χ1n) is 11.6. The molecule has 1 aromatic heterocycles. The maximum atomic E-state index is 11.7. The van der Waals surface area contributed by atoms with Gasteiger partial charge in [0.05, 0.1) is 6.61 Å². The van der Waals surface area contributed by atoms with Crippen LogP contribution in [0.2, 0.25) is 0 Å². The van der Waals surface area contributed by atoms with Crippen LogP contribution < -0.4 is 5.32 Å². The highest BCUT2D eigenvalue weighted by Crippen LogP contribution is 2.44. The summed E-state index contributed by atoms with van der Waals surface area (Å²) < 4.78 is 5.13. The summed E-state index contributed by atoms with van der Waals surface area (Å²) in [6.45, 7) is 4.19. The summed E-state index contributed by atoms with van der Waals surface area (Å²) >= 11 is 0. The zero-order valence-electron chi connectivity index (χ0n) is 19.8. The Hall–Kier alpha value is -3.15. The number of amides is 1. The molecule has 1 saturated heterocycles. The largest absolute Gasteiger partial charge is 0.479 e. The SMILES string of the molecule is CCCOC(=O)NC[C@@H]1CC2c3cccc4[nH]cc(c34)C[C@H]2N(C)C1.O=C(O)C(O)C(O)C(=O)O. The summed E-state index contributed by atoms with van der Waals surface area (Å²) in [7, 11) is 2.22. The fourth-order valence-corrected chi connectivity index (χ4v) is 4.95. The molecular weight excluding hydrogens is 458 g/mol. The number of aliphatic hydroxyl groups excluding tert-OH is 2. The molecule has 2 aromatic rings. The number of ether oxygens (including phenoxy) is 1. The molecule has 1 fully saturated rings. The average Bonchev–Trinajstić information content (AvgIpc) is 3.25. The minimum absolute atomic E-state index is 0.287. The Morgan fingerprint density at radius 2 is 1.89 bits per heavy atom. The van der Waals surface area contributed by atoms with Crippen molar-refractivity contribution in [1.29, 1.82) is 0 Å². The Kier molecular flexibility index (Phi) is 8.71. The van der Waals surface area contributed by atoms with Crippen molar-refractivity contribution in [3.63, 3.8) is 0 Å². The molecule has 0 spiro atoms. The number of aliphatic carboxylic acids is 2. The Morgan fingerprint density at radius 1 is 1.20 bits per heavy atom. The predicted molar refractivity (Wildman–Crippen MR) is 126 cm³/mol. The minimum atomic E-state index is -2.27. The number of rotatable bonds is 7. The van der Waals surface area contributed by atoms with Crippen LogP contribution in [0.5, 0.6) is 0 Å². The van der Waals surface area contributed by atoms with Gasteiger partial charge in [-0.25, -0.2) is 14.4 Å². The fourth-order valence-electron chi connectivity index (χ4n) is 4.95. The maximum Gasteiger partial charge on any atom is 0.407 e. The first-order chi connectivity index (χ1) is 16.6. The molecule has 0 bridgehead atoms. The minimum Gasteiger partial charge on any atom is -0.479 e. The fraction of sp³-hybridized carbons (Fsp3) is 0.542. The van der Waals surface area contributed by atoms with E-state index in [1.165, 1.54) is 22.0 Å². The lowest BCUT2D eigenvalue weighted by Crippen LogP contribution is -2.50. The van der Waals surface area contributed by atoms with Crippen LogP contribution in [-0.4, -0.2) is 93.3 Å². The third-order valence-corrected chi connectivity index (χ3v) is 6.59. The van der Waals surface area contributed by atoms with Gasteiger partial charge in [0.25, 0.3) is 0 Å². The van der Waals surface area contributed by atoms with Gasteiger partial charge in [-0.15, -0.1) is 0 Å². The number of carboxylic acids is 2. The second-order valence-electron chi connectivity index (χ2n) is 9.09. The van der Waals surface area contributed by atoms with E-state index in [2.05, 4.69) is 46.6 Å². The van der Waals surface area contributed by atoms with Gasteiger partial charge >= 0.3 is 18.0 Å². The number of nitrogens with zero attached hydrogens (tertiary/aromatic N) is 1. The summed E-state index contributed by atoms with van der Waals surface area (Å²) in [5.74, 6) is -2.55. The number of H-pyrrole nitrogens is 1. The molecule has 0 saturated carbocycles. The Morgan fingerprint density at radius 3 is 2.51 bits per heavy atom. The second kappa shape index (κ2) is 11.5. The zero-order chi connectivity index (χ0) is 25.7. The Balaban J connectivity index is 0.000000292. The molecule has 192 valence electrons. The van der Waals surface area contributed by atoms with Crippen molar-refractivity contribution in [3.8, 4) is 0 Å². The number of carbonyl (C=O) groups is 3. The number of hydrogen-bond donors (Lipinski definition) is 6. The molecule has 1 aliphatic heterocycles. The summed E-state index contributed by atoms with van der Waals surface area (Å²) in [5.41, 5.74) is 4.16. The predicted octanol–water partition coefficient (Wildman–Crippen LogP) is 1.14. The average molecular weight is 492 g/mol. The summed E-state index contributed by atoms with van der Waals surface area (Å²) in [6.07, 6.45) is 0.436. The van der Waals surface area contributed by atoms with Crippen LogP contribution >= 0.6 is 0 Å². The number of hydrogen-bond acceptors (Lipinski definition) is 7. The highest BCUT2D eigenvalue weighted by molar-refractivity contribution is 5.88. The lowest BCUT2D eigenvalue weighted by atomic mass is 9.72. The van der Waals surface area contributed by atoms with E-state index in [-0.39, 0.29) is 6.09 Å². The van der Waals surface area contributed by atoms with Gasteiger partial charge in [-0.1, -0.05) is 19.1 Å². The topological polar surface area (TPSA) is 172 Å². The Bertz CT molecular complexity index is 1040. The van der Waals surface area contributed by atoms with Gasteiger partial charge in [-0.3, -0.25) is 0 Å². The van der Waals surface area contributed by atoms with Gasteiger partial charge in [0.1, 0.15) is 0 Å². The normalized spacial score (nSPS) is 22.8. The zero-order valence-corrected chi connectivity index (χ0v) is 19.8. The van der Waals surface area contributed by atoms with E-state index < -0.39 is 24.1 Å². The van der Waals surface area contributed by atoms with Crippen molar-refractivity contribution < 1.29 is 39.5 Å². The molecule has 1 amide bonds. The van der Waals surface area contributed by atoms with Crippen LogP contribution in [0.15, 0.2) is 24.4 Å². The van der Waals surface area contributed by atoms with Crippen LogP contribution in [-0.2, 0) is 20.7 Å². The van der Waals surface area contributed by atoms with Crippen molar-refractivity contribution in [3.05, 3.63) is 35.5 Å². The van der Waals surface area contributed by atoms with E-state index in [4.69, 9.17) is 25.2 Å². The molecule has 5 atom stereocenters. The van der Waals surface area contributed by atoms with Gasteiger partial charge < -0.3 is 40.4 Å². The van der Waals surface area contributed by atoms with Gasteiger partial charge in [0.2, 0.25) is 0 Å². The first-order valence-corrected chi connectivity index (χ1v) is 11.6. The van der Waals surface area contributed by atoms with Crippen LogP contribution in [0, 0.1) is 5.92 Å². The van der Waals surface area contributed by atoms with Crippen molar-refractivity contribution in [2.45, 2.75) is 50.4 Å². The number of aromatic nitrogens is 1. The van der Waals surface area contributed by atoms with E-state index in [1.54, 1.807) is 0 Å². The van der Waals surface area contributed by atoms with E-state index in [1.807, 2.05) is 6.92 Å². The monoisotopic (exact) mass is 491 g/mol. The number of aromatic amines is 1. The molecule has 1 aromatic carbocycles. The lowest BCUT2D eigenvalue weighted by molar-refractivity contribution is -0.165. The van der Waals surface area contributed by atoms with Gasteiger partial charge in [0.15, 0.2) is 12.2 Å². The number of carbonyl (C=O) groups excluding carboxylic acids is 1. The number of likely N-dealkylation sites (tertiary alicyclic amines) is 1. The standard InChI is InChI=1S/C20H27N3O2.C4H6O6/c1-3-7-25-20(24)22-10-13-8-16-15-5-4-6-17-19(15)14(11-21-17)9-18(16)23(2)12-13;5-1(3(7)8)2(6)4(9)10/h4-6,11,13,16,18,21H,3,7-10,12H2,1-2H3,(H,22,24);1-2,5-6H,(H,7,8)(H,9,10)/t13-,16?,18+;/m0./s1. The van der Waals surface area contributed by atoms with Gasteiger partial charge in [-0.2, -0.15) is 0 Å². The number of benzene rings is 1. The van der Waals surface area contributed by atoms with Gasteiger partial charge in [0, 0.05) is 42.1 Å². The molecule has 1 aliphatic carbocycles. The third-order valence-electron chi connectivity index (χ3n) is 6.59. The first kappa shape index (κ1) is 26.5. The quantitative estimate of drug-likeness (QED) is 0.332.